The quantitative estimate of drug-likeness (QED) is 0.573. The van der Waals surface area contributed by atoms with Gasteiger partial charge in [0.1, 0.15) is 0 Å². The van der Waals surface area contributed by atoms with Crippen molar-refractivity contribution in [3.05, 3.63) is 12.7 Å². The van der Waals surface area contributed by atoms with Crippen molar-refractivity contribution in [3.63, 3.8) is 0 Å². The maximum absolute atomic E-state index is 8.71. The van der Waals surface area contributed by atoms with Gasteiger partial charge in [0.25, 0.3) is 0 Å². The van der Waals surface area contributed by atoms with Crippen molar-refractivity contribution in [1.82, 2.24) is 0 Å². The minimum absolute atomic E-state index is 0.500. The molecule has 0 aliphatic heterocycles. The number of hydrogen-bond donors (Lipinski definition) is 2. The van der Waals surface area contributed by atoms with Gasteiger partial charge in [-0.1, -0.05) is 6.08 Å². The fourth-order valence-corrected chi connectivity index (χ4v) is 0. The van der Waals surface area contributed by atoms with Gasteiger partial charge < -0.3 is 10.2 Å². The van der Waals surface area contributed by atoms with Gasteiger partial charge in [0.2, 0.25) is 0 Å². The van der Waals surface area contributed by atoms with Gasteiger partial charge in [0, 0.05) is 0 Å². The Bertz CT molecular complexity index is 97.7. The van der Waals surface area contributed by atoms with Crippen LogP contribution in [-0.4, -0.2) is 21.4 Å². The summed E-state index contributed by atoms with van der Waals surface area (Å²) < 4.78 is 0. The van der Waals surface area contributed by atoms with E-state index in [4.69, 9.17) is 10.2 Å². The molecule has 0 saturated carbocycles. The second-order valence-electron chi connectivity index (χ2n) is 4.03. The summed E-state index contributed by atoms with van der Waals surface area (Å²) in [5, 5.41) is 17.2. The van der Waals surface area contributed by atoms with Crippen molar-refractivity contribution < 1.29 is 10.2 Å². The minimum Gasteiger partial charge on any atom is -0.391 e. The van der Waals surface area contributed by atoms with Crippen molar-refractivity contribution >= 4 is 0 Å². The van der Waals surface area contributed by atoms with Gasteiger partial charge in [0.05, 0.1) is 11.2 Å². The predicted molar refractivity (Wildman–Crippen MR) is 48.5 cm³/mol. The van der Waals surface area contributed by atoms with E-state index in [-0.39, 0.29) is 0 Å². The molecule has 0 aliphatic rings. The van der Waals surface area contributed by atoms with Gasteiger partial charge in [0.15, 0.2) is 0 Å². The Hall–Kier alpha value is -0.340. The number of aliphatic hydroxyl groups is 2. The van der Waals surface area contributed by atoms with Crippen LogP contribution in [0.2, 0.25) is 0 Å². The Morgan fingerprint density at radius 3 is 1.09 bits per heavy atom. The fraction of sp³-hybridized carbons (Fsp3) is 0.778. The molecule has 0 fully saturated rings. The summed E-state index contributed by atoms with van der Waals surface area (Å²) in [4.78, 5) is 0. The predicted octanol–water partition coefficient (Wildman–Crippen LogP) is 1.72. The van der Waals surface area contributed by atoms with E-state index in [0.717, 1.165) is 0 Å². The first-order chi connectivity index (χ1) is 4.56. The van der Waals surface area contributed by atoms with Gasteiger partial charge >= 0.3 is 0 Å². The van der Waals surface area contributed by atoms with Crippen molar-refractivity contribution in [3.8, 4) is 0 Å². The molecule has 0 aromatic carbocycles. The number of hydrogen-bond acceptors (Lipinski definition) is 2. The molecule has 0 unspecified atom stereocenters. The summed E-state index contributed by atoms with van der Waals surface area (Å²) in [6.07, 6.45) is 1.49. The zero-order chi connectivity index (χ0) is 9.71. The number of rotatable bonds is 1. The van der Waals surface area contributed by atoms with Crippen LogP contribution in [0.3, 0.4) is 0 Å². The maximum Gasteiger partial charge on any atom is 0.0769 e. The molecule has 0 rings (SSSR count). The van der Waals surface area contributed by atoms with Crippen LogP contribution in [0.4, 0.5) is 0 Å². The van der Waals surface area contributed by atoms with Gasteiger partial charge in [-0.15, -0.1) is 6.58 Å². The lowest BCUT2D eigenvalue weighted by atomic mass is 10.1. The molecule has 0 radical (unpaired) electrons. The summed E-state index contributed by atoms with van der Waals surface area (Å²) in [6, 6.07) is 0. The molecule has 0 bridgehead atoms. The van der Waals surface area contributed by atoms with E-state index in [0.29, 0.717) is 0 Å². The van der Waals surface area contributed by atoms with E-state index < -0.39 is 11.2 Å². The first-order valence-corrected chi connectivity index (χ1v) is 3.64. The lowest BCUT2D eigenvalue weighted by molar-refractivity contribution is 0.102. The third kappa shape index (κ3) is 80.1. The summed E-state index contributed by atoms with van der Waals surface area (Å²) in [7, 11) is 0. The van der Waals surface area contributed by atoms with Crippen LogP contribution >= 0.6 is 0 Å². The SMILES string of the molecule is C=CC(C)(C)O.CC(C)(C)O. The smallest absolute Gasteiger partial charge is 0.0769 e. The van der Waals surface area contributed by atoms with E-state index in [1.807, 2.05) is 0 Å². The van der Waals surface area contributed by atoms with E-state index in [2.05, 4.69) is 6.58 Å². The van der Waals surface area contributed by atoms with Gasteiger partial charge in [-0.05, 0) is 34.6 Å². The second-order valence-corrected chi connectivity index (χ2v) is 4.03. The third-order valence-electron chi connectivity index (χ3n) is 0.500. The minimum atomic E-state index is -0.694. The van der Waals surface area contributed by atoms with Crippen molar-refractivity contribution in [1.29, 1.82) is 0 Å². The molecule has 0 aliphatic carbocycles. The van der Waals surface area contributed by atoms with E-state index in [1.54, 1.807) is 34.6 Å². The van der Waals surface area contributed by atoms with Crippen LogP contribution in [-0.2, 0) is 0 Å². The lowest BCUT2D eigenvalue weighted by Gasteiger charge is -2.07. The Balaban J connectivity index is 0. The molecule has 2 N–H and O–H groups in total. The molecule has 2 nitrogen and oxygen atoms in total. The topological polar surface area (TPSA) is 40.5 Å². The molecule has 2 heteroatoms. The summed E-state index contributed by atoms with van der Waals surface area (Å²) in [5.41, 5.74) is -1.19. The standard InChI is InChI=1S/C5H10O.C4H10O/c1-4-5(2,3)6;1-4(2,3)5/h4,6H,1H2,2-3H3;5H,1-3H3. The highest BCUT2D eigenvalue weighted by Gasteiger charge is 2.02. The van der Waals surface area contributed by atoms with Crippen LogP contribution < -0.4 is 0 Å². The van der Waals surface area contributed by atoms with Crippen molar-refractivity contribution in [2.75, 3.05) is 0 Å². The molecule has 0 atom stereocenters. The van der Waals surface area contributed by atoms with E-state index in [9.17, 15) is 0 Å². The maximum atomic E-state index is 8.71. The highest BCUT2D eigenvalue weighted by Crippen LogP contribution is 1.98. The molecule has 0 heterocycles. The first-order valence-electron chi connectivity index (χ1n) is 3.64. The van der Waals surface area contributed by atoms with Crippen LogP contribution in [0, 0.1) is 0 Å². The van der Waals surface area contributed by atoms with Crippen LogP contribution in [0.25, 0.3) is 0 Å². The Labute approximate surface area is 69.6 Å². The van der Waals surface area contributed by atoms with E-state index in [1.165, 1.54) is 6.08 Å². The lowest BCUT2D eigenvalue weighted by Crippen LogP contribution is -2.12. The first kappa shape index (κ1) is 13.3. The molecular weight excluding hydrogens is 140 g/mol. The summed E-state index contributed by atoms with van der Waals surface area (Å²) >= 11 is 0. The monoisotopic (exact) mass is 160 g/mol. The third-order valence-corrected chi connectivity index (χ3v) is 0.500. The summed E-state index contributed by atoms with van der Waals surface area (Å²) in [5.74, 6) is 0. The molecule has 0 saturated heterocycles. The van der Waals surface area contributed by atoms with Crippen LogP contribution in [0.15, 0.2) is 12.7 Å². The van der Waals surface area contributed by atoms with Crippen LogP contribution in [0.1, 0.15) is 34.6 Å². The zero-order valence-corrected chi connectivity index (χ0v) is 8.18. The Kier molecular flexibility index (Phi) is 5.45. The second kappa shape index (κ2) is 4.52. The largest absolute Gasteiger partial charge is 0.391 e. The highest BCUT2D eigenvalue weighted by molar-refractivity contribution is 4.86. The van der Waals surface area contributed by atoms with Gasteiger partial charge in [-0.25, -0.2) is 0 Å². The van der Waals surface area contributed by atoms with Crippen molar-refractivity contribution in [2.45, 2.75) is 45.8 Å². The van der Waals surface area contributed by atoms with Gasteiger partial charge in [-0.2, -0.15) is 0 Å². The molecule has 11 heavy (non-hydrogen) atoms. The molecule has 0 spiro atoms. The average molecular weight is 160 g/mol. The molecule has 68 valence electrons. The molecule has 0 aromatic heterocycles. The molecular formula is C9H20O2. The normalized spacial score (nSPS) is 11.5. The zero-order valence-electron chi connectivity index (χ0n) is 8.18. The molecule has 0 aromatic rings. The Morgan fingerprint density at radius 2 is 1.09 bits per heavy atom. The average Bonchev–Trinajstić information content (AvgIpc) is 1.59. The summed E-state index contributed by atoms with van der Waals surface area (Å²) in [6.45, 7) is 12.0. The van der Waals surface area contributed by atoms with Crippen molar-refractivity contribution in [2.24, 2.45) is 0 Å². The molecule has 0 amide bonds. The highest BCUT2D eigenvalue weighted by atomic mass is 16.3. The van der Waals surface area contributed by atoms with E-state index >= 15 is 0 Å². The van der Waals surface area contributed by atoms with Gasteiger partial charge in [-0.3, -0.25) is 0 Å². The fourth-order valence-electron chi connectivity index (χ4n) is 0. The van der Waals surface area contributed by atoms with Crippen LogP contribution in [0.5, 0.6) is 0 Å². The Morgan fingerprint density at radius 1 is 1.00 bits per heavy atom.